The maximum Gasteiger partial charge on any atom is 0.270 e. The molecule has 2 rings (SSSR count). The lowest BCUT2D eigenvalue weighted by molar-refractivity contribution is 0.0945. The molecule has 1 N–H and O–H groups in total. The number of carbonyl (C=O) groups excluding carboxylic acids is 1. The van der Waals surface area contributed by atoms with Crippen LogP contribution < -0.4 is 10.1 Å². The van der Waals surface area contributed by atoms with Gasteiger partial charge in [0.15, 0.2) is 5.16 Å². The minimum Gasteiger partial charge on any atom is -0.497 e. The van der Waals surface area contributed by atoms with Gasteiger partial charge in [0.1, 0.15) is 11.4 Å². The van der Waals surface area contributed by atoms with Crippen LogP contribution >= 0.6 is 11.8 Å². The minimum absolute atomic E-state index is 0.202. The topological polar surface area (TPSA) is 64.1 Å². The summed E-state index contributed by atoms with van der Waals surface area (Å²) < 4.78 is 5.10. The third kappa shape index (κ3) is 4.19. The smallest absolute Gasteiger partial charge is 0.270 e. The van der Waals surface area contributed by atoms with E-state index >= 15 is 0 Å². The highest BCUT2D eigenvalue weighted by Gasteiger charge is 2.10. The number of hydrogen-bond donors (Lipinski definition) is 1. The van der Waals surface area contributed by atoms with Crippen molar-refractivity contribution in [1.29, 1.82) is 0 Å². The van der Waals surface area contributed by atoms with Crippen LogP contribution in [-0.4, -0.2) is 29.2 Å². The van der Waals surface area contributed by atoms with Crippen molar-refractivity contribution >= 4 is 17.7 Å². The van der Waals surface area contributed by atoms with Gasteiger partial charge in [0.05, 0.1) is 7.11 Å². The first-order valence-electron chi connectivity index (χ1n) is 6.43. The molecule has 1 amide bonds. The standard InChI is InChI=1S/C15H17N3O2S/c1-10-8-13(18-15(17-10)21-3)14(19)16-9-11-4-6-12(20-2)7-5-11/h4-8H,9H2,1-3H3,(H,16,19). The predicted octanol–water partition coefficient (Wildman–Crippen LogP) is 2.45. The van der Waals surface area contributed by atoms with Gasteiger partial charge in [-0.1, -0.05) is 23.9 Å². The lowest BCUT2D eigenvalue weighted by atomic mass is 10.2. The highest BCUT2D eigenvalue weighted by molar-refractivity contribution is 7.98. The molecule has 5 nitrogen and oxygen atoms in total. The Morgan fingerprint density at radius 2 is 2.00 bits per heavy atom. The van der Waals surface area contributed by atoms with Gasteiger partial charge in [0, 0.05) is 12.2 Å². The Bertz CT molecular complexity index is 629. The summed E-state index contributed by atoms with van der Waals surface area (Å²) >= 11 is 1.42. The monoisotopic (exact) mass is 303 g/mol. The number of ether oxygens (including phenoxy) is 1. The number of thioether (sulfide) groups is 1. The second-order valence-electron chi connectivity index (χ2n) is 4.41. The van der Waals surface area contributed by atoms with E-state index < -0.39 is 0 Å². The number of carbonyl (C=O) groups is 1. The van der Waals surface area contributed by atoms with E-state index in [1.807, 2.05) is 37.4 Å². The molecule has 0 saturated heterocycles. The van der Waals surface area contributed by atoms with Gasteiger partial charge >= 0.3 is 0 Å². The first-order chi connectivity index (χ1) is 10.1. The van der Waals surface area contributed by atoms with Gasteiger partial charge in [-0.15, -0.1) is 0 Å². The van der Waals surface area contributed by atoms with E-state index in [1.54, 1.807) is 13.2 Å². The van der Waals surface area contributed by atoms with Gasteiger partial charge in [-0.3, -0.25) is 4.79 Å². The normalized spacial score (nSPS) is 10.2. The van der Waals surface area contributed by atoms with Gasteiger partial charge in [-0.05, 0) is 36.9 Å². The maximum absolute atomic E-state index is 12.1. The highest BCUT2D eigenvalue weighted by atomic mass is 32.2. The average Bonchev–Trinajstić information content (AvgIpc) is 2.52. The zero-order valence-electron chi connectivity index (χ0n) is 12.2. The third-order valence-corrected chi connectivity index (χ3v) is 3.41. The van der Waals surface area contributed by atoms with E-state index in [2.05, 4.69) is 15.3 Å². The molecule has 6 heteroatoms. The first kappa shape index (κ1) is 15.3. The first-order valence-corrected chi connectivity index (χ1v) is 7.65. The van der Waals surface area contributed by atoms with Crippen LogP contribution in [0.3, 0.4) is 0 Å². The zero-order chi connectivity index (χ0) is 15.2. The van der Waals surface area contributed by atoms with Crippen molar-refractivity contribution in [3.63, 3.8) is 0 Å². The number of nitrogens with one attached hydrogen (secondary N) is 1. The summed E-state index contributed by atoms with van der Waals surface area (Å²) in [5, 5.41) is 3.45. The van der Waals surface area contributed by atoms with Crippen molar-refractivity contribution in [1.82, 2.24) is 15.3 Å². The molecule has 110 valence electrons. The van der Waals surface area contributed by atoms with Crippen molar-refractivity contribution in [2.75, 3.05) is 13.4 Å². The molecule has 0 radical (unpaired) electrons. The van der Waals surface area contributed by atoms with E-state index in [0.29, 0.717) is 17.4 Å². The van der Waals surface area contributed by atoms with Crippen LogP contribution in [0.2, 0.25) is 0 Å². The average molecular weight is 303 g/mol. The van der Waals surface area contributed by atoms with Gasteiger partial charge in [0.2, 0.25) is 0 Å². The quantitative estimate of drug-likeness (QED) is 0.679. The van der Waals surface area contributed by atoms with E-state index in [9.17, 15) is 4.79 Å². The lowest BCUT2D eigenvalue weighted by Crippen LogP contribution is -2.24. The molecule has 0 saturated carbocycles. The number of amides is 1. The molecule has 0 aliphatic carbocycles. The molecule has 0 spiro atoms. The Labute approximate surface area is 128 Å². The Hall–Kier alpha value is -2.08. The second kappa shape index (κ2) is 7.08. The van der Waals surface area contributed by atoms with E-state index in [1.165, 1.54) is 11.8 Å². The number of aryl methyl sites for hydroxylation is 1. The Balaban J connectivity index is 2.02. The SMILES string of the molecule is COc1ccc(CNC(=O)c2cc(C)nc(SC)n2)cc1. The summed E-state index contributed by atoms with van der Waals surface area (Å²) in [5.41, 5.74) is 2.17. The second-order valence-corrected chi connectivity index (χ2v) is 5.19. The molecule has 1 heterocycles. The fourth-order valence-electron chi connectivity index (χ4n) is 1.77. The van der Waals surface area contributed by atoms with Gasteiger partial charge < -0.3 is 10.1 Å². The van der Waals surface area contributed by atoms with Crippen molar-refractivity contribution < 1.29 is 9.53 Å². The molecule has 1 aromatic carbocycles. The van der Waals surface area contributed by atoms with Crippen LogP contribution in [0, 0.1) is 6.92 Å². The molecule has 1 aromatic heterocycles. The van der Waals surface area contributed by atoms with Crippen LogP contribution in [0.25, 0.3) is 0 Å². The van der Waals surface area contributed by atoms with Crippen LogP contribution in [-0.2, 0) is 6.54 Å². The fourth-order valence-corrected chi connectivity index (χ4v) is 2.19. The van der Waals surface area contributed by atoms with Crippen molar-refractivity contribution in [3.05, 3.63) is 47.3 Å². The minimum atomic E-state index is -0.202. The molecular formula is C15H17N3O2S. The van der Waals surface area contributed by atoms with Crippen LogP contribution in [0.5, 0.6) is 5.75 Å². The maximum atomic E-state index is 12.1. The zero-order valence-corrected chi connectivity index (χ0v) is 13.0. The van der Waals surface area contributed by atoms with Crippen LogP contribution in [0.1, 0.15) is 21.7 Å². The van der Waals surface area contributed by atoms with Gasteiger partial charge in [0.25, 0.3) is 5.91 Å². The highest BCUT2D eigenvalue weighted by Crippen LogP contribution is 2.12. The summed E-state index contributed by atoms with van der Waals surface area (Å²) in [4.78, 5) is 20.6. The Morgan fingerprint density at radius 3 is 2.62 bits per heavy atom. The number of nitrogens with zero attached hydrogens (tertiary/aromatic N) is 2. The number of methoxy groups -OCH3 is 1. The van der Waals surface area contributed by atoms with Crippen molar-refractivity contribution in [3.8, 4) is 5.75 Å². The lowest BCUT2D eigenvalue weighted by Gasteiger charge is -2.07. The molecule has 0 unspecified atom stereocenters. The van der Waals surface area contributed by atoms with E-state index in [0.717, 1.165) is 17.0 Å². The van der Waals surface area contributed by atoms with Crippen LogP contribution in [0.4, 0.5) is 0 Å². The molecule has 0 bridgehead atoms. The fraction of sp³-hybridized carbons (Fsp3) is 0.267. The molecule has 0 aliphatic heterocycles. The molecular weight excluding hydrogens is 286 g/mol. The van der Waals surface area contributed by atoms with Gasteiger partial charge in [-0.2, -0.15) is 0 Å². The summed E-state index contributed by atoms with van der Waals surface area (Å²) in [6.07, 6.45) is 1.88. The molecule has 0 aliphatic rings. The number of rotatable bonds is 5. The van der Waals surface area contributed by atoms with Crippen LogP contribution in [0.15, 0.2) is 35.5 Å². The van der Waals surface area contributed by atoms with Crippen molar-refractivity contribution in [2.24, 2.45) is 0 Å². The summed E-state index contributed by atoms with van der Waals surface area (Å²) in [6.45, 7) is 2.29. The summed E-state index contributed by atoms with van der Waals surface area (Å²) in [6, 6.07) is 9.24. The Morgan fingerprint density at radius 1 is 1.29 bits per heavy atom. The summed E-state index contributed by atoms with van der Waals surface area (Å²) in [5.74, 6) is 0.590. The summed E-state index contributed by atoms with van der Waals surface area (Å²) in [7, 11) is 1.62. The van der Waals surface area contributed by atoms with Crippen molar-refractivity contribution in [2.45, 2.75) is 18.6 Å². The van der Waals surface area contributed by atoms with Gasteiger partial charge in [-0.25, -0.2) is 9.97 Å². The molecule has 2 aromatic rings. The molecule has 0 atom stereocenters. The molecule has 21 heavy (non-hydrogen) atoms. The largest absolute Gasteiger partial charge is 0.497 e. The number of benzene rings is 1. The molecule has 0 fully saturated rings. The van der Waals surface area contributed by atoms with E-state index in [-0.39, 0.29) is 5.91 Å². The number of hydrogen-bond acceptors (Lipinski definition) is 5. The number of aromatic nitrogens is 2. The Kier molecular flexibility index (Phi) is 5.16. The van der Waals surface area contributed by atoms with E-state index in [4.69, 9.17) is 4.74 Å². The third-order valence-electron chi connectivity index (χ3n) is 2.86. The predicted molar refractivity (Wildman–Crippen MR) is 82.7 cm³/mol.